The Kier molecular flexibility index (Phi) is 5.88. The Labute approximate surface area is 148 Å². The normalized spacial score (nSPS) is 10.4. The van der Waals surface area contributed by atoms with Crippen LogP contribution in [0.2, 0.25) is 0 Å². The molecule has 1 amide bonds. The van der Waals surface area contributed by atoms with Gasteiger partial charge in [-0.3, -0.25) is 9.78 Å². The topological polar surface area (TPSA) is 54.9 Å². The van der Waals surface area contributed by atoms with Gasteiger partial charge in [-0.05, 0) is 24.8 Å². The first-order valence-corrected chi connectivity index (χ1v) is 8.52. The van der Waals surface area contributed by atoms with Gasteiger partial charge in [0.1, 0.15) is 0 Å². The molecule has 0 bridgehead atoms. The zero-order chi connectivity index (χ0) is 17.3. The van der Waals surface area contributed by atoms with E-state index in [4.69, 9.17) is 0 Å². The molecule has 0 aliphatic heterocycles. The lowest BCUT2D eigenvalue weighted by atomic mass is 10.1. The molecule has 0 saturated heterocycles. The molecule has 0 aliphatic carbocycles. The van der Waals surface area contributed by atoms with Gasteiger partial charge < -0.3 is 5.32 Å². The molecular weight excluding hydrogens is 310 g/mol. The van der Waals surface area contributed by atoms with Crippen molar-refractivity contribution in [3.05, 3.63) is 78.6 Å². The van der Waals surface area contributed by atoms with Crippen molar-refractivity contribution in [2.45, 2.75) is 25.7 Å². The van der Waals surface area contributed by atoms with Crippen molar-refractivity contribution in [2.24, 2.45) is 0 Å². The van der Waals surface area contributed by atoms with Crippen molar-refractivity contribution >= 4 is 11.7 Å². The van der Waals surface area contributed by atoms with Crippen LogP contribution in [0, 0.1) is 0 Å². The monoisotopic (exact) mass is 331 g/mol. The maximum Gasteiger partial charge on any atom is 0.225 e. The average Bonchev–Trinajstić information content (AvgIpc) is 2.67. The van der Waals surface area contributed by atoms with E-state index >= 15 is 0 Å². The zero-order valence-electron chi connectivity index (χ0n) is 14.1. The summed E-state index contributed by atoms with van der Waals surface area (Å²) in [5.41, 5.74) is 3.11. The van der Waals surface area contributed by atoms with Gasteiger partial charge in [0.15, 0.2) is 5.82 Å². The van der Waals surface area contributed by atoms with E-state index in [2.05, 4.69) is 27.4 Å². The van der Waals surface area contributed by atoms with Crippen LogP contribution in [0.25, 0.3) is 11.3 Å². The fraction of sp³-hybridized carbons (Fsp3) is 0.190. The second-order valence-electron chi connectivity index (χ2n) is 5.89. The molecule has 1 N–H and O–H groups in total. The standard InChI is InChI=1S/C21H21N3O/c25-21(14-8-7-11-17-9-3-1-4-10-17)24-20-16-22-19(15-23-20)18-12-5-2-6-13-18/h1-6,9-10,12-13,15-16H,7-8,11,14H2,(H,23,24,25). The number of aromatic nitrogens is 2. The Hall–Kier alpha value is -3.01. The first-order valence-electron chi connectivity index (χ1n) is 8.52. The number of unbranched alkanes of at least 4 members (excludes halogenated alkanes) is 1. The average molecular weight is 331 g/mol. The lowest BCUT2D eigenvalue weighted by molar-refractivity contribution is -0.116. The fourth-order valence-corrected chi connectivity index (χ4v) is 2.62. The molecule has 1 heterocycles. The Morgan fingerprint density at radius 2 is 1.56 bits per heavy atom. The van der Waals surface area contributed by atoms with Crippen LogP contribution in [0.3, 0.4) is 0 Å². The van der Waals surface area contributed by atoms with Gasteiger partial charge in [-0.15, -0.1) is 0 Å². The van der Waals surface area contributed by atoms with Crippen molar-refractivity contribution in [3.63, 3.8) is 0 Å². The number of amides is 1. The molecule has 0 atom stereocenters. The molecule has 25 heavy (non-hydrogen) atoms. The van der Waals surface area contributed by atoms with Crippen LogP contribution in [0.15, 0.2) is 73.1 Å². The molecule has 4 heteroatoms. The van der Waals surface area contributed by atoms with Crippen molar-refractivity contribution in [3.8, 4) is 11.3 Å². The second kappa shape index (κ2) is 8.73. The number of hydrogen-bond donors (Lipinski definition) is 1. The van der Waals surface area contributed by atoms with Gasteiger partial charge in [-0.2, -0.15) is 0 Å². The van der Waals surface area contributed by atoms with Gasteiger partial charge >= 0.3 is 0 Å². The largest absolute Gasteiger partial charge is 0.309 e. The number of benzene rings is 2. The molecule has 126 valence electrons. The minimum absolute atomic E-state index is 0.0187. The highest BCUT2D eigenvalue weighted by atomic mass is 16.1. The third kappa shape index (κ3) is 5.24. The predicted octanol–water partition coefficient (Wildman–Crippen LogP) is 4.50. The van der Waals surface area contributed by atoms with Crippen LogP contribution >= 0.6 is 0 Å². The molecule has 2 aromatic carbocycles. The number of rotatable bonds is 7. The lowest BCUT2D eigenvalue weighted by Gasteiger charge is -2.05. The summed E-state index contributed by atoms with van der Waals surface area (Å²) in [6.45, 7) is 0. The van der Waals surface area contributed by atoms with Crippen molar-refractivity contribution in [1.82, 2.24) is 9.97 Å². The summed E-state index contributed by atoms with van der Waals surface area (Å²) in [6, 6.07) is 20.2. The number of nitrogens with zero attached hydrogens (tertiary/aromatic N) is 2. The Morgan fingerprint density at radius 3 is 2.24 bits per heavy atom. The first-order chi connectivity index (χ1) is 12.3. The van der Waals surface area contributed by atoms with Gasteiger partial charge in [-0.1, -0.05) is 60.7 Å². The van der Waals surface area contributed by atoms with Crippen molar-refractivity contribution in [2.75, 3.05) is 5.32 Å². The Balaban J connectivity index is 1.43. The third-order valence-electron chi connectivity index (χ3n) is 3.95. The van der Waals surface area contributed by atoms with Gasteiger partial charge in [0.2, 0.25) is 5.91 Å². The minimum Gasteiger partial charge on any atom is -0.309 e. The summed E-state index contributed by atoms with van der Waals surface area (Å²) in [5, 5.41) is 2.81. The van der Waals surface area contributed by atoms with Gasteiger partial charge in [0, 0.05) is 12.0 Å². The molecule has 3 rings (SSSR count). The molecule has 0 fully saturated rings. The van der Waals surface area contributed by atoms with Crippen molar-refractivity contribution in [1.29, 1.82) is 0 Å². The van der Waals surface area contributed by atoms with Gasteiger partial charge in [0.25, 0.3) is 0 Å². The zero-order valence-corrected chi connectivity index (χ0v) is 14.1. The molecule has 0 radical (unpaired) electrons. The summed E-state index contributed by atoms with van der Waals surface area (Å²) < 4.78 is 0. The highest BCUT2D eigenvalue weighted by Crippen LogP contribution is 2.16. The number of carbonyl (C=O) groups is 1. The highest BCUT2D eigenvalue weighted by molar-refractivity contribution is 5.89. The number of hydrogen-bond acceptors (Lipinski definition) is 3. The van der Waals surface area contributed by atoms with E-state index in [0.29, 0.717) is 12.2 Å². The van der Waals surface area contributed by atoms with E-state index in [-0.39, 0.29) is 5.91 Å². The van der Waals surface area contributed by atoms with Crippen LogP contribution < -0.4 is 5.32 Å². The first kappa shape index (κ1) is 16.8. The number of aryl methyl sites for hydroxylation is 1. The smallest absolute Gasteiger partial charge is 0.225 e. The Morgan fingerprint density at radius 1 is 0.840 bits per heavy atom. The summed E-state index contributed by atoms with van der Waals surface area (Å²) in [4.78, 5) is 20.6. The maximum absolute atomic E-state index is 12.0. The minimum atomic E-state index is -0.0187. The van der Waals surface area contributed by atoms with E-state index in [0.717, 1.165) is 30.5 Å². The maximum atomic E-state index is 12.0. The quantitative estimate of drug-likeness (QED) is 0.649. The van der Waals surface area contributed by atoms with E-state index in [9.17, 15) is 4.79 Å². The molecule has 0 unspecified atom stereocenters. The number of carbonyl (C=O) groups excluding carboxylic acids is 1. The summed E-state index contributed by atoms with van der Waals surface area (Å²) in [5.74, 6) is 0.475. The van der Waals surface area contributed by atoms with E-state index in [1.54, 1.807) is 12.4 Å². The summed E-state index contributed by atoms with van der Waals surface area (Å²) in [6.07, 6.45) is 6.63. The van der Waals surface area contributed by atoms with Crippen LogP contribution in [0.4, 0.5) is 5.82 Å². The molecular formula is C21H21N3O. The highest BCUT2D eigenvalue weighted by Gasteiger charge is 2.05. The van der Waals surface area contributed by atoms with E-state index in [1.807, 2.05) is 48.5 Å². The van der Waals surface area contributed by atoms with E-state index in [1.165, 1.54) is 5.56 Å². The Bertz CT molecular complexity index is 786. The summed E-state index contributed by atoms with van der Waals surface area (Å²) in [7, 11) is 0. The number of anilines is 1. The third-order valence-corrected chi connectivity index (χ3v) is 3.95. The predicted molar refractivity (Wildman–Crippen MR) is 100 cm³/mol. The fourth-order valence-electron chi connectivity index (χ4n) is 2.62. The van der Waals surface area contributed by atoms with E-state index < -0.39 is 0 Å². The molecule has 3 aromatic rings. The van der Waals surface area contributed by atoms with Crippen molar-refractivity contribution < 1.29 is 4.79 Å². The van der Waals surface area contributed by atoms with Crippen LogP contribution in [0.1, 0.15) is 24.8 Å². The lowest BCUT2D eigenvalue weighted by Crippen LogP contribution is -2.12. The summed E-state index contributed by atoms with van der Waals surface area (Å²) >= 11 is 0. The van der Waals surface area contributed by atoms with Crippen LogP contribution in [-0.2, 0) is 11.2 Å². The second-order valence-corrected chi connectivity index (χ2v) is 5.89. The van der Waals surface area contributed by atoms with Gasteiger partial charge in [-0.25, -0.2) is 4.98 Å². The number of nitrogens with one attached hydrogen (secondary N) is 1. The van der Waals surface area contributed by atoms with Gasteiger partial charge in [0.05, 0.1) is 18.1 Å². The van der Waals surface area contributed by atoms with Crippen LogP contribution in [-0.4, -0.2) is 15.9 Å². The molecule has 0 spiro atoms. The SMILES string of the molecule is O=C(CCCCc1ccccc1)Nc1cnc(-c2ccccc2)cn1. The van der Waals surface area contributed by atoms with Crippen LogP contribution in [0.5, 0.6) is 0 Å². The molecule has 0 saturated carbocycles. The molecule has 0 aliphatic rings. The molecule has 4 nitrogen and oxygen atoms in total. The molecule has 1 aromatic heterocycles.